The SMILES string of the molecule is C[C@@H]1C[C@H](C)CN(c2cccc(-c3ccc4cnc(CNC(=O)c5ccnc(S(C)(=O)=O)c5)cc4n3)n2)C1. The number of piperidine rings is 1. The highest BCUT2D eigenvalue weighted by atomic mass is 32.2. The van der Waals surface area contributed by atoms with Crippen molar-refractivity contribution in [2.75, 3.05) is 24.2 Å². The van der Waals surface area contributed by atoms with Crippen LogP contribution < -0.4 is 10.2 Å². The number of pyridine rings is 4. The summed E-state index contributed by atoms with van der Waals surface area (Å²) in [4.78, 5) is 33.0. The molecule has 1 fully saturated rings. The highest BCUT2D eigenvalue weighted by Gasteiger charge is 2.23. The van der Waals surface area contributed by atoms with E-state index in [0.29, 0.717) is 17.5 Å². The first kappa shape index (κ1) is 25.7. The molecule has 0 radical (unpaired) electrons. The van der Waals surface area contributed by atoms with Gasteiger partial charge in [-0.05, 0) is 60.7 Å². The predicted molar refractivity (Wildman–Crippen MR) is 146 cm³/mol. The van der Waals surface area contributed by atoms with E-state index in [1.165, 1.54) is 24.8 Å². The highest BCUT2D eigenvalue weighted by molar-refractivity contribution is 7.90. The van der Waals surface area contributed by atoms with Gasteiger partial charge in [-0.15, -0.1) is 0 Å². The average molecular weight is 531 g/mol. The molecule has 1 saturated heterocycles. The summed E-state index contributed by atoms with van der Waals surface area (Å²) in [5.74, 6) is 1.82. The minimum absolute atomic E-state index is 0.146. The van der Waals surface area contributed by atoms with Crippen LogP contribution >= 0.6 is 0 Å². The Labute approximate surface area is 222 Å². The highest BCUT2D eigenvalue weighted by Crippen LogP contribution is 2.27. The van der Waals surface area contributed by atoms with Crippen molar-refractivity contribution in [2.24, 2.45) is 11.8 Å². The Morgan fingerprint density at radius 1 is 1.00 bits per heavy atom. The number of sulfone groups is 1. The smallest absolute Gasteiger partial charge is 0.251 e. The minimum Gasteiger partial charge on any atom is -0.356 e. The first-order valence-corrected chi connectivity index (χ1v) is 14.5. The lowest BCUT2D eigenvalue weighted by Crippen LogP contribution is -2.39. The van der Waals surface area contributed by atoms with Gasteiger partial charge in [0, 0.05) is 42.7 Å². The molecule has 1 aliphatic rings. The van der Waals surface area contributed by atoms with E-state index in [1.807, 2.05) is 30.3 Å². The molecule has 5 rings (SSSR count). The third-order valence-electron chi connectivity index (χ3n) is 6.63. The lowest BCUT2D eigenvalue weighted by Gasteiger charge is -2.35. The summed E-state index contributed by atoms with van der Waals surface area (Å²) in [6, 6.07) is 14.5. The first-order valence-electron chi connectivity index (χ1n) is 12.6. The van der Waals surface area contributed by atoms with E-state index in [0.717, 1.165) is 47.5 Å². The molecule has 0 aliphatic carbocycles. The van der Waals surface area contributed by atoms with Crippen LogP contribution in [0.15, 0.2) is 66.0 Å². The van der Waals surface area contributed by atoms with Gasteiger partial charge in [-0.1, -0.05) is 19.9 Å². The predicted octanol–water partition coefficient (Wildman–Crippen LogP) is 3.90. The average Bonchev–Trinajstić information content (AvgIpc) is 2.90. The van der Waals surface area contributed by atoms with Gasteiger partial charge >= 0.3 is 0 Å². The number of carbonyl (C=O) groups is 1. The van der Waals surface area contributed by atoms with Crippen molar-refractivity contribution in [2.45, 2.75) is 31.8 Å². The molecular weight excluding hydrogens is 500 g/mol. The van der Waals surface area contributed by atoms with Crippen molar-refractivity contribution >= 4 is 32.5 Å². The van der Waals surface area contributed by atoms with Crippen molar-refractivity contribution in [3.05, 3.63) is 72.2 Å². The number of hydrogen-bond acceptors (Lipinski definition) is 8. The zero-order valence-electron chi connectivity index (χ0n) is 21.6. The third-order valence-corrected chi connectivity index (χ3v) is 7.61. The van der Waals surface area contributed by atoms with Gasteiger partial charge in [-0.25, -0.2) is 23.4 Å². The summed E-state index contributed by atoms with van der Waals surface area (Å²) in [5.41, 5.74) is 3.17. The Morgan fingerprint density at radius 3 is 2.53 bits per heavy atom. The van der Waals surface area contributed by atoms with Crippen molar-refractivity contribution < 1.29 is 13.2 Å². The van der Waals surface area contributed by atoms with Gasteiger partial charge in [0.05, 0.1) is 29.1 Å². The Bertz CT molecular complexity index is 1600. The Kier molecular flexibility index (Phi) is 7.07. The van der Waals surface area contributed by atoms with Crippen LogP contribution in [0.2, 0.25) is 0 Å². The Hall–Kier alpha value is -3.92. The van der Waals surface area contributed by atoms with Crippen LogP contribution in [0.5, 0.6) is 0 Å². The topological polar surface area (TPSA) is 118 Å². The molecule has 0 saturated carbocycles. The zero-order valence-corrected chi connectivity index (χ0v) is 22.4. The number of aromatic nitrogens is 4. The maximum atomic E-state index is 12.6. The van der Waals surface area contributed by atoms with Crippen LogP contribution in [-0.4, -0.2) is 53.6 Å². The Balaban J connectivity index is 1.34. The van der Waals surface area contributed by atoms with Crippen LogP contribution in [-0.2, 0) is 16.4 Å². The number of carbonyl (C=O) groups excluding carboxylic acids is 1. The molecule has 0 unspecified atom stereocenters. The van der Waals surface area contributed by atoms with E-state index in [2.05, 4.69) is 40.1 Å². The lowest BCUT2D eigenvalue weighted by atomic mass is 9.92. The van der Waals surface area contributed by atoms with Crippen LogP contribution in [0.25, 0.3) is 22.3 Å². The number of fused-ring (bicyclic) bond motifs is 1. The summed E-state index contributed by atoms with van der Waals surface area (Å²) in [7, 11) is -3.51. The fraction of sp³-hybridized carbons (Fsp3) is 0.321. The number of rotatable bonds is 6. The van der Waals surface area contributed by atoms with Gasteiger partial charge in [0.1, 0.15) is 5.82 Å². The summed E-state index contributed by atoms with van der Waals surface area (Å²) >= 11 is 0. The molecule has 196 valence electrons. The van der Waals surface area contributed by atoms with Crippen LogP contribution in [0.4, 0.5) is 5.82 Å². The van der Waals surface area contributed by atoms with E-state index >= 15 is 0 Å². The number of nitrogens with zero attached hydrogens (tertiary/aromatic N) is 5. The van der Waals surface area contributed by atoms with Crippen LogP contribution in [0.3, 0.4) is 0 Å². The maximum absolute atomic E-state index is 12.6. The third kappa shape index (κ3) is 5.80. The van der Waals surface area contributed by atoms with Crippen LogP contribution in [0, 0.1) is 11.8 Å². The molecule has 0 spiro atoms. The van der Waals surface area contributed by atoms with Crippen molar-refractivity contribution in [3.8, 4) is 11.4 Å². The molecule has 38 heavy (non-hydrogen) atoms. The molecule has 1 aliphatic heterocycles. The van der Waals surface area contributed by atoms with Gasteiger partial charge in [-0.2, -0.15) is 0 Å². The molecule has 9 nitrogen and oxygen atoms in total. The molecule has 0 aromatic carbocycles. The number of nitrogens with one attached hydrogen (secondary N) is 1. The summed E-state index contributed by atoms with van der Waals surface area (Å²) < 4.78 is 23.5. The maximum Gasteiger partial charge on any atom is 0.251 e. The largest absolute Gasteiger partial charge is 0.356 e. The monoisotopic (exact) mass is 530 g/mol. The number of anilines is 1. The van der Waals surface area contributed by atoms with Crippen LogP contribution in [0.1, 0.15) is 36.3 Å². The number of amides is 1. The second-order valence-electron chi connectivity index (χ2n) is 10.1. The van der Waals surface area contributed by atoms with Gasteiger partial charge in [-0.3, -0.25) is 9.78 Å². The molecule has 4 aromatic heterocycles. The lowest BCUT2D eigenvalue weighted by molar-refractivity contribution is 0.0950. The van der Waals surface area contributed by atoms with Gasteiger partial charge in [0.25, 0.3) is 5.91 Å². The molecule has 5 heterocycles. The molecule has 2 atom stereocenters. The van der Waals surface area contributed by atoms with E-state index in [-0.39, 0.29) is 17.1 Å². The second kappa shape index (κ2) is 10.4. The standard InChI is InChI=1S/C28H30N6O3S/c1-18-11-19(2)17-34(16-18)26-6-4-5-23(33-26)24-8-7-21-14-30-22(13-25(21)32-24)15-31-28(35)20-9-10-29-27(12-20)38(3,36)37/h4-10,12-14,18-19H,11,15-17H2,1-3H3,(H,31,35)/t18-,19+. The quantitative estimate of drug-likeness (QED) is 0.399. The van der Waals surface area contributed by atoms with Crippen molar-refractivity contribution in [3.63, 3.8) is 0 Å². The van der Waals surface area contributed by atoms with E-state index in [9.17, 15) is 13.2 Å². The van der Waals surface area contributed by atoms with Gasteiger partial charge in [0.15, 0.2) is 14.9 Å². The Morgan fingerprint density at radius 2 is 1.76 bits per heavy atom. The van der Waals surface area contributed by atoms with E-state index < -0.39 is 15.7 Å². The molecular formula is C28H30N6O3S. The summed E-state index contributed by atoms with van der Waals surface area (Å²) in [5, 5.41) is 3.52. The minimum atomic E-state index is -3.51. The first-order chi connectivity index (χ1) is 18.2. The van der Waals surface area contributed by atoms with Gasteiger partial charge < -0.3 is 10.2 Å². The molecule has 0 bridgehead atoms. The van der Waals surface area contributed by atoms with Crippen molar-refractivity contribution in [1.29, 1.82) is 0 Å². The van der Waals surface area contributed by atoms with E-state index in [1.54, 1.807) is 6.20 Å². The van der Waals surface area contributed by atoms with Crippen molar-refractivity contribution in [1.82, 2.24) is 25.3 Å². The van der Waals surface area contributed by atoms with Gasteiger partial charge in [0.2, 0.25) is 0 Å². The summed E-state index contributed by atoms with van der Waals surface area (Å²) in [6.45, 7) is 6.74. The summed E-state index contributed by atoms with van der Waals surface area (Å²) in [6.07, 6.45) is 5.32. The molecule has 10 heteroatoms. The van der Waals surface area contributed by atoms with E-state index in [4.69, 9.17) is 9.97 Å². The normalized spacial score (nSPS) is 17.9. The molecule has 1 amide bonds. The zero-order chi connectivity index (χ0) is 26.9. The fourth-order valence-corrected chi connectivity index (χ4v) is 5.51. The molecule has 4 aromatic rings. The molecule has 1 N–H and O–H groups in total. The second-order valence-corrected chi connectivity index (χ2v) is 12.1. The fourth-order valence-electron chi connectivity index (χ4n) is 4.92. The number of hydrogen-bond donors (Lipinski definition) is 1.